The van der Waals surface area contributed by atoms with Crippen LogP contribution in [-0.4, -0.2) is 35.2 Å². The summed E-state index contributed by atoms with van der Waals surface area (Å²) in [6, 6.07) is 5.28. The number of carbonyl (C=O) groups is 1. The van der Waals surface area contributed by atoms with Crippen molar-refractivity contribution in [1.82, 2.24) is 4.98 Å². The van der Waals surface area contributed by atoms with E-state index in [2.05, 4.69) is 36.5 Å². The van der Waals surface area contributed by atoms with Gasteiger partial charge in [0.2, 0.25) is 0 Å². The lowest BCUT2D eigenvalue weighted by atomic mass is 9.75. The van der Waals surface area contributed by atoms with Crippen molar-refractivity contribution in [3.63, 3.8) is 0 Å². The molecule has 0 radical (unpaired) electrons. The van der Waals surface area contributed by atoms with Gasteiger partial charge < -0.3 is 9.53 Å². The number of nitrogens with zero attached hydrogens (tertiary/aromatic N) is 2. The summed E-state index contributed by atoms with van der Waals surface area (Å²) in [6.07, 6.45) is 4.98. The predicted octanol–water partition coefficient (Wildman–Crippen LogP) is 5.75. The molecule has 168 valence electrons. The van der Waals surface area contributed by atoms with Gasteiger partial charge in [0.25, 0.3) is 0 Å². The molecule has 0 fully saturated rings. The van der Waals surface area contributed by atoms with Gasteiger partial charge in [-0.05, 0) is 42.9 Å². The van der Waals surface area contributed by atoms with Crippen molar-refractivity contribution in [3.05, 3.63) is 34.3 Å². The van der Waals surface area contributed by atoms with E-state index < -0.39 is 6.61 Å². The second-order valence-corrected chi connectivity index (χ2v) is 10.4. The van der Waals surface area contributed by atoms with Crippen LogP contribution in [0, 0.1) is 24.2 Å². The average Bonchev–Trinajstić information content (AvgIpc) is 3.07. The van der Waals surface area contributed by atoms with Gasteiger partial charge in [0.15, 0.2) is 13.1 Å². The third kappa shape index (κ3) is 5.76. The maximum Gasteiger partial charge on any atom is 0.387 e. The number of carbonyl (C=O) groups excluding carboxylic acids is 1. The van der Waals surface area contributed by atoms with Crippen LogP contribution in [0.1, 0.15) is 50.3 Å². The lowest BCUT2D eigenvalue weighted by Crippen LogP contribution is -2.37. The zero-order chi connectivity index (χ0) is 22.8. The van der Waals surface area contributed by atoms with Gasteiger partial charge in [0.1, 0.15) is 23.3 Å². The lowest BCUT2D eigenvalue weighted by molar-refractivity contribution is -0.551. The first-order valence-electron chi connectivity index (χ1n) is 10.7. The molecule has 3 rings (SSSR count). The molecule has 0 aliphatic carbocycles. The van der Waals surface area contributed by atoms with Crippen molar-refractivity contribution in [2.24, 2.45) is 17.3 Å². The van der Waals surface area contributed by atoms with Crippen molar-refractivity contribution in [3.8, 4) is 16.3 Å². The molecule has 1 aliphatic rings. The Morgan fingerprint density at radius 1 is 1.35 bits per heavy atom. The molecule has 1 aromatic carbocycles. The summed E-state index contributed by atoms with van der Waals surface area (Å²) in [5.74, 6) is 0.469. The van der Waals surface area contributed by atoms with Crippen LogP contribution in [0.25, 0.3) is 10.6 Å². The van der Waals surface area contributed by atoms with Gasteiger partial charge in [-0.15, -0.1) is 11.3 Å². The van der Waals surface area contributed by atoms with Crippen LogP contribution in [0.15, 0.2) is 18.2 Å². The second kappa shape index (κ2) is 9.55. The predicted molar refractivity (Wildman–Crippen MR) is 120 cm³/mol. The van der Waals surface area contributed by atoms with Gasteiger partial charge in [0.05, 0.1) is 22.1 Å². The number of halogens is 2. The molecule has 7 heteroatoms. The van der Waals surface area contributed by atoms with Gasteiger partial charge in [-0.3, -0.25) is 0 Å². The van der Waals surface area contributed by atoms with Crippen molar-refractivity contribution in [2.75, 3.05) is 6.54 Å². The fourth-order valence-corrected chi connectivity index (χ4v) is 5.02. The minimum absolute atomic E-state index is 0.00852. The Kier molecular flexibility index (Phi) is 7.24. The van der Waals surface area contributed by atoms with Crippen LogP contribution in [0.2, 0.25) is 0 Å². The summed E-state index contributed by atoms with van der Waals surface area (Å²) >= 11 is 1.50. The van der Waals surface area contributed by atoms with Crippen LogP contribution in [-0.2, 0) is 17.8 Å². The van der Waals surface area contributed by atoms with Crippen LogP contribution >= 0.6 is 11.3 Å². The first kappa shape index (κ1) is 23.5. The molecule has 4 nitrogen and oxygen atoms in total. The van der Waals surface area contributed by atoms with Crippen molar-refractivity contribution in [1.29, 1.82) is 0 Å². The Labute approximate surface area is 187 Å². The smallest absolute Gasteiger partial charge is 0.387 e. The molecule has 0 unspecified atom stereocenters. The molecule has 31 heavy (non-hydrogen) atoms. The largest absolute Gasteiger partial charge is 0.434 e. The van der Waals surface area contributed by atoms with Crippen LogP contribution in [0.4, 0.5) is 8.78 Å². The Morgan fingerprint density at radius 3 is 2.71 bits per heavy atom. The fourth-order valence-electron chi connectivity index (χ4n) is 3.91. The van der Waals surface area contributed by atoms with E-state index in [1.807, 2.05) is 19.9 Å². The number of aryl methyl sites for hydroxylation is 2. The Hall–Kier alpha value is -2.15. The van der Waals surface area contributed by atoms with Crippen LogP contribution in [0.3, 0.4) is 0 Å². The molecule has 0 saturated carbocycles. The number of hydrogen-bond acceptors (Lipinski definition) is 4. The highest BCUT2D eigenvalue weighted by Crippen LogP contribution is 2.37. The molecule has 1 aromatic heterocycles. The van der Waals surface area contributed by atoms with Gasteiger partial charge >= 0.3 is 6.61 Å². The van der Waals surface area contributed by atoms with E-state index in [0.717, 1.165) is 35.3 Å². The van der Waals surface area contributed by atoms with Crippen LogP contribution < -0.4 is 4.74 Å². The zero-order valence-corrected chi connectivity index (χ0v) is 19.6. The molecule has 2 atom stereocenters. The average molecular weight is 450 g/mol. The first-order valence-corrected chi connectivity index (χ1v) is 11.5. The molecular weight excluding hydrogens is 418 g/mol. The van der Waals surface area contributed by atoms with E-state index in [9.17, 15) is 13.6 Å². The lowest BCUT2D eigenvalue weighted by Gasteiger charge is -2.31. The monoisotopic (exact) mass is 449 g/mol. The molecule has 0 saturated heterocycles. The SMILES string of the molecule is CCc1ccc(OC(F)F)c(-c2nc(C)c(C[N+]3=C[C@H](C(C)(C)C)C[C@@H](C=O)C3)s2)c1. The van der Waals surface area contributed by atoms with Crippen molar-refractivity contribution < 1.29 is 22.9 Å². The summed E-state index contributed by atoms with van der Waals surface area (Å²) in [4.78, 5) is 17.3. The van der Waals surface area contributed by atoms with Gasteiger partial charge in [-0.1, -0.05) is 33.8 Å². The summed E-state index contributed by atoms with van der Waals surface area (Å²) < 4.78 is 32.8. The standard InChI is InChI=1S/C24H31F2N2O2S/c1-6-16-7-8-20(30-23(25)26)19(10-16)22-27-15(2)21(31-22)13-28-11-17(14-29)9-18(12-28)24(3,4)5/h7-8,10,12,14,17-18,23H,6,9,11,13H2,1-5H3/q+1/t17-,18-/m1/s1. The number of benzene rings is 1. The fraction of sp³-hybridized carbons (Fsp3) is 0.542. The molecule has 0 amide bonds. The van der Waals surface area contributed by atoms with E-state index in [4.69, 9.17) is 4.74 Å². The minimum Gasteiger partial charge on any atom is -0.434 e. The Morgan fingerprint density at radius 2 is 2.10 bits per heavy atom. The van der Waals surface area contributed by atoms with Crippen LogP contribution in [0.5, 0.6) is 5.75 Å². The maximum atomic E-state index is 12.9. The maximum absolute atomic E-state index is 12.9. The number of aldehydes is 1. The number of rotatable bonds is 7. The number of thiazole rings is 1. The highest BCUT2D eigenvalue weighted by Gasteiger charge is 2.35. The Bertz CT molecular complexity index is 963. The summed E-state index contributed by atoms with van der Waals surface area (Å²) in [6.45, 7) is 9.00. The Balaban J connectivity index is 1.93. The van der Waals surface area contributed by atoms with Crippen molar-refractivity contribution in [2.45, 2.75) is 60.6 Å². The summed E-state index contributed by atoms with van der Waals surface area (Å²) in [5, 5.41) is 0.676. The molecular formula is C24H31F2N2O2S+. The number of aromatic nitrogens is 1. The third-order valence-corrected chi connectivity index (χ3v) is 7.03. The molecule has 0 bridgehead atoms. The van der Waals surface area contributed by atoms with E-state index >= 15 is 0 Å². The highest BCUT2D eigenvalue weighted by molar-refractivity contribution is 7.15. The number of alkyl halides is 2. The van der Waals surface area contributed by atoms with Gasteiger partial charge in [-0.25, -0.2) is 9.56 Å². The summed E-state index contributed by atoms with van der Waals surface area (Å²) in [7, 11) is 0. The van der Waals surface area contributed by atoms with Crippen molar-refractivity contribution >= 4 is 23.8 Å². The molecule has 0 spiro atoms. The van der Waals surface area contributed by atoms with Gasteiger partial charge in [0, 0.05) is 5.92 Å². The van der Waals surface area contributed by atoms with E-state index in [-0.39, 0.29) is 17.1 Å². The molecule has 2 heterocycles. The van der Waals surface area contributed by atoms with Gasteiger partial charge in [-0.2, -0.15) is 8.78 Å². The molecule has 2 aromatic rings. The topological polar surface area (TPSA) is 42.2 Å². The normalized spacial score (nSPS) is 19.4. The van der Waals surface area contributed by atoms with E-state index in [1.54, 1.807) is 12.1 Å². The highest BCUT2D eigenvalue weighted by atomic mass is 32.1. The zero-order valence-electron chi connectivity index (χ0n) is 18.8. The van der Waals surface area contributed by atoms with E-state index in [0.29, 0.717) is 29.6 Å². The minimum atomic E-state index is -2.88. The van der Waals surface area contributed by atoms with E-state index in [1.165, 1.54) is 11.3 Å². The quantitative estimate of drug-likeness (QED) is 0.399. The number of hydrogen-bond donors (Lipinski definition) is 0. The second-order valence-electron chi connectivity index (χ2n) is 9.27. The first-order chi connectivity index (χ1) is 14.6. The molecule has 1 aliphatic heterocycles. The summed E-state index contributed by atoms with van der Waals surface area (Å²) in [5.41, 5.74) is 2.59. The molecule has 0 N–H and O–H groups in total. The third-order valence-electron chi connectivity index (χ3n) is 5.86. The number of ether oxygens (including phenoxy) is 1.